The number of hydrogen-bond acceptors (Lipinski definition) is 1. The lowest BCUT2D eigenvalue weighted by molar-refractivity contribution is 0.631. The number of rotatable bonds is 6. The molecule has 0 nitrogen and oxygen atoms in total. The summed E-state index contributed by atoms with van der Waals surface area (Å²) in [6.45, 7) is 7.49. The van der Waals surface area contributed by atoms with Crippen molar-refractivity contribution in [2.45, 2.75) is 17.7 Å². The molecule has 26 heavy (non-hydrogen) atoms. The van der Waals surface area contributed by atoms with E-state index in [4.69, 9.17) is 0 Å². The maximum absolute atomic E-state index is 14.8. The van der Waals surface area contributed by atoms with Gasteiger partial charge >= 0.3 is 0 Å². The van der Waals surface area contributed by atoms with Crippen LogP contribution in [0.25, 0.3) is 22.3 Å². The molecule has 0 spiro atoms. The summed E-state index contributed by atoms with van der Waals surface area (Å²) in [4.78, 5) is 0.757. The van der Waals surface area contributed by atoms with Crippen LogP contribution in [0.1, 0.15) is 11.1 Å². The van der Waals surface area contributed by atoms with E-state index in [0.717, 1.165) is 40.0 Å². The number of halogens is 1. The summed E-state index contributed by atoms with van der Waals surface area (Å²) < 4.78 is 14.8. The highest BCUT2D eigenvalue weighted by atomic mass is 32.1. The van der Waals surface area contributed by atoms with E-state index in [9.17, 15) is 4.39 Å². The fraction of sp³-hybridized carbons (Fsp3) is 0.0833. The van der Waals surface area contributed by atoms with E-state index >= 15 is 0 Å². The van der Waals surface area contributed by atoms with Crippen molar-refractivity contribution >= 4 is 12.6 Å². The molecule has 3 rings (SSSR count). The molecule has 0 atom stereocenters. The molecule has 0 saturated heterocycles. The Bertz CT molecular complexity index is 842. The monoisotopic (exact) mass is 360 g/mol. The molecule has 0 N–H and O–H groups in total. The van der Waals surface area contributed by atoms with E-state index < -0.39 is 0 Å². The van der Waals surface area contributed by atoms with Gasteiger partial charge in [0.1, 0.15) is 5.82 Å². The van der Waals surface area contributed by atoms with Crippen molar-refractivity contribution in [2.24, 2.45) is 0 Å². The van der Waals surface area contributed by atoms with Gasteiger partial charge in [-0.15, -0.1) is 25.8 Å². The summed E-state index contributed by atoms with van der Waals surface area (Å²) in [6.07, 6.45) is 5.36. The van der Waals surface area contributed by atoms with Gasteiger partial charge in [0.15, 0.2) is 0 Å². The first kappa shape index (κ1) is 18.2. The summed E-state index contributed by atoms with van der Waals surface area (Å²) in [5.41, 5.74) is 5.50. The Hall–Kier alpha value is -2.58. The normalized spacial score (nSPS) is 10.5. The molecular formula is C24H21FS. The third-order valence-corrected chi connectivity index (χ3v) is 4.75. The molecule has 2 heteroatoms. The zero-order valence-corrected chi connectivity index (χ0v) is 15.5. The maximum atomic E-state index is 14.8. The van der Waals surface area contributed by atoms with Gasteiger partial charge in [-0.2, -0.15) is 0 Å². The first-order valence-corrected chi connectivity index (χ1v) is 9.00. The molecule has 0 unspecified atom stereocenters. The van der Waals surface area contributed by atoms with Gasteiger partial charge in [-0.3, -0.25) is 0 Å². The van der Waals surface area contributed by atoms with Crippen molar-refractivity contribution in [2.75, 3.05) is 0 Å². The lowest BCUT2D eigenvalue weighted by Crippen LogP contribution is -1.90. The second kappa shape index (κ2) is 8.20. The fourth-order valence-electron chi connectivity index (χ4n) is 2.99. The molecule has 0 heterocycles. The quantitative estimate of drug-likeness (QED) is 0.358. The van der Waals surface area contributed by atoms with Crippen LogP contribution in [0.4, 0.5) is 4.39 Å². The second-order valence-corrected chi connectivity index (χ2v) is 6.71. The molecule has 3 aromatic carbocycles. The predicted octanol–water partition coefficient (Wildman–Crippen LogP) is 6.91. The van der Waals surface area contributed by atoms with Crippen LogP contribution in [0.3, 0.4) is 0 Å². The summed E-state index contributed by atoms with van der Waals surface area (Å²) in [6, 6.07) is 19.3. The summed E-state index contributed by atoms with van der Waals surface area (Å²) in [5.74, 6) is -0.246. The Morgan fingerprint density at radius 3 is 1.65 bits per heavy atom. The van der Waals surface area contributed by atoms with Crippen LogP contribution >= 0.6 is 12.6 Å². The molecule has 0 aliphatic heterocycles. The van der Waals surface area contributed by atoms with E-state index in [0.29, 0.717) is 5.56 Å². The molecule has 0 saturated carbocycles. The van der Waals surface area contributed by atoms with E-state index in [-0.39, 0.29) is 5.82 Å². The standard InChI is InChI=1S/C24H21FS/c1-3-5-17-7-11-19(12-8-17)21-16-24(26)22(15-23(21)25)20-13-9-18(6-4-2)10-14-20/h3-4,7-16,26H,1-2,5-6H2. The molecule has 0 aliphatic rings. The molecule has 0 aliphatic carbocycles. The topological polar surface area (TPSA) is 0 Å². The van der Waals surface area contributed by atoms with Gasteiger partial charge in [0, 0.05) is 10.5 Å². The molecule has 0 fully saturated rings. The van der Waals surface area contributed by atoms with Crippen LogP contribution in [0.5, 0.6) is 0 Å². The van der Waals surface area contributed by atoms with Crippen molar-refractivity contribution in [1.82, 2.24) is 0 Å². The number of hydrogen-bond donors (Lipinski definition) is 1. The highest BCUT2D eigenvalue weighted by Gasteiger charge is 2.11. The Morgan fingerprint density at radius 1 is 0.731 bits per heavy atom. The molecule has 0 amide bonds. The van der Waals surface area contributed by atoms with Crippen molar-refractivity contribution in [1.29, 1.82) is 0 Å². The smallest absolute Gasteiger partial charge is 0.131 e. The van der Waals surface area contributed by atoms with Gasteiger partial charge in [-0.1, -0.05) is 60.7 Å². The van der Waals surface area contributed by atoms with E-state index in [1.807, 2.05) is 60.7 Å². The first-order chi connectivity index (χ1) is 12.6. The van der Waals surface area contributed by atoms with Gasteiger partial charge in [0.05, 0.1) is 0 Å². The molecule has 3 aromatic rings. The maximum Gasteiger partial charge on any atom is 0.131 e. The third-order valence-electron chi connectivity index (χ3n) is 4.38. The van der Waals surface area contributed by atoms with Gasteiger partial charge in [-0.05, 0) is 52.8 Å². The van der Waals surface area contributed by atoms with Crippen LogP contribution in [0.15, 0.2) is 90.9 Å². The Labute approximate surface area is 160 Å². The minimum absolute atomic E-state index is 0.246. The van der Waals surface area contributed by atoms with Crippen LogP contribution in [-0.4, -0.2) is 0 Å². The van der Waals surface area contributed by atoms with Crippen molar-refractivity contribution in [3.05, 3.63) is 103 Å². The van der Waals surface area contributed by atoms with Crippen molar-refractivity contribution in [3.63, 3.8) is 0 Å². The van der Waals surface area contributed by atoms with E-state index in [1.165, 1.54) is 5.56 Å². The highest BCUT2D eigenvalue weighted by Crippen LogP contribution is 2.34. The van der Waals surface area contributed by atoms with Crippen molar-refractivity contribution in [3.8, 4) is 22.3 Å². The van der Waals surface area contributed by atoms with E-state index in [1.54, 1.807) is 12.1 Å². The zero-order chi connectivity index (χ0) is 18.5. The lowest BCUT2D eigenvalue weighted by Gasteiger charge is -2.11. The Kier molecular flexibility index (Phi) is 5.75. The first-order valence-electron chi connectivity index (χ1n) is 8.55. The minimum Gasteiger partial charge on any atom is -0.206 e. The van der Waals surface area contributed by atoms with Crippen molar-refractivity contribution < 1.29 is 4.39 Å². The number of benzene rings is 3. The van der Waals surface area contributed by atoms with E-state index in [2.05, 4.69) is 25.8 Å². The van der Waals surface area contributed by atoms with Gasteiger partial charge in [0.25, 0.3) is 0 Å². The average Bonchev–Trinajstić information content (AvgIpc) is 2.65. The number of allylic oxidation sites excluding steroid dienone is 2. The summed E-state index contributed by atoms with van der Waals surface area (Å²) >= 11 is 4.60. The molecule has 0 aromatic heterocycles. The lowest BCUT2D eigenvalue weighted by atomic mass is 9.97. The third kappa shape index (κ3) is 3.97. The molecular weight excluding hydrogens is 339 g/mol. The predicted molar refractivity (Wildman–Crippen MR) is 112 cm³/mol. The van der Waals surface area contributed by atoms with Crippen LogP contribution < -0.4 is 0 Å². The van der Waals surface area contributed by atoms with Crippen LogP contribution in [0, 0.1) is 5.82 Å². The molecule has 0 bridgehead atoms. The largest absolute Gasteiger partial charge is 0.206 e. The van der Waals surface area contributed by atoms with Crippen LogP contribution in [0.2, 0.25) is 0 Å². The summed E-state index contributed by atoms with van der Waals surface area (Å²) in [7, 11) is 0. The zero-order valence-electron chi connectivity index (χ0n) is 14.6. The van der Waals surface area contributed by atoms with Gasteiger partial charge < -0.3 is 0 Å². The second-order valence-electron chi connectivity index (χ2n) is 6.23. The summed E-state index contributed by atoms with van der Waals surface area (Å²) in [5, 5.41) is 0. The minimum atomic E-state index is -0.246. The van der Waals surface area contributed by atoms with Gasteiger partial charge in [-0.25, -0.2) is 4.39 Å². The SMILES string of the molecule is C=CCc1ccc(-c2cc(S)c(-c3ccc(CC=C)cc3)cc2F)cc1. The fourth-order valence-corrected chi connectivity index (χ4v) is 3.31. The molecule has 0 radical (unpaired) electrons. The molecule has 130 valence electrons. The Balaban J connectivity index is 1.95. The van der Waals surface area contributed by atoms with Crippen LogP contribution in [-0.2, 0) is 12.8 Å². The highest BCUT2D eigenvalue weighted by molar-refractivity contribution is 7.80. The number of thiol groups is 1. The van der Waals surface area contributed by atoms with Gasteiger partial charge in [0.2, 0.25) is 0 Å². The average molecular weight is 360 g/mol. The Morgan fingerprint density at radius 2 is 1.19 bits per heavy atom.